The van der Waals surface area contributed by atoms with Crippen molar-refractivity contribution in [3.05, 3.63) is 53.5 Å². The summed E-state index contributed by atoms with van der Waals surface area (Å²) in [6.07, 6.45) is 0. The van der Waals surface area contributed by atoms with Crippen LogP contribution in [0.2, 0.25) is 0 Å². The van der Waals surface area contributed by atoms with Gasteiger partial charge < -0.3 is 14.8 Å². The van der Waals surface area contributed by atoms with E-state index in [0.29, 0.717) is 11.4 Å². The van der Waals surface area contributed by atoms with E-state index in [1.54, 1.807) is 36.4 Å². The minimum absolute atomic E-state index is 0.0686. The number of alkyl halides is 1. The van der Waals surface area contributed by atoms with E-state index >= 15 is 0 Å². The van der Waals surface area contributed by atoms with Gasteiger partial charge in [0.2, 0.25) is 0 Å². The number of furan rings is 1. The van der Waals surface area contributed by atoms with Crippen LogP contribution in [0.3, 0.4) is 0 Å². The summed E-state index contributed by atoms with van der Waals surface area (Å²) in [6.45, 7) is -0.0686. The van der Waals surface area contributed by atoms with Gasteiger partial charge in [-0.1, -0.05) is 12.1 Å². The summed E-state index contributed by atoms with van der Waals surface area (Å²) in [7, 11) is 0. The number of carbonyl (C=O) groups is 1. The number of carbonyl (C=O) groups excluding carboxylic acids is 1. The molecule has 0 radical (unpaired) electrons. The number of nitrogens with one attached hydrogen (secondary N) is 1. The zero-order valence-electron chi connectivity index (χ0n) is 9.52. The number of benzene rings is 1. The topological polar surface area (TPSA) is 62.5 Å². The molecule has 94 valence electrons. The Labute approximate surface area is 109 Å². The Morgan fingerprint density at radius 1 is 1.33 bits per heavy atom. The molecule has 0 atom stereocenters. The van der Waals surface area contributed by atoms with Crippen molar-refractivity contribution < 1.29 is 14.3 Å². The highest BCUT2D eigenvalue weighted by molar-refractivity contribution is 6.16. The Balaban J connectivity index is 2.10. The number of aliphatic hydroxyl groups excluding tert-OH is 1. The lowest BCUT2D eigenvalue weighted by Gasteiger charge is -2.04. The summed E-state index contributed by atoms with van der Waals surface area (Å²) in [6, 6.07) is 10.2. The first-order chi connectivity index (χ1) is 8.72. The van der Waals surface area contributed by atoms with E-state index in [1.165, 1.54) is 0 Å². The van der Waals surface area contributed by atoms with E-state index < -0.39 is 0 Å². The summed E-state index contributed by atoms with van der Waals surface area (Å²) in [4.78, 5) is 11.8. The zero-order valence-corrected chi connectivity index (χ0v) is 10.3. The van der Waals surface area contributed by atoms with Crippen molar-refractivity contribution in [1.82, 2.24) is 0 Å². The van der Waals surface area contributed by atoms with E-state index in [2.05, 4.69) is 5.32 Å². The molecule has 2 rings (SSSR count). The van der Waals surface area contributed by atoms with Crippen LogP contribution in [0.25, 0.3) is 0 Å². The summed E-state index contributed by atoms with van der Waals surface area (Å²) in [5.74, 6) is 0.639. The smallest absolute Gasteiger partial charge is 0.291 e. The fourth-order valence-electron chi connectivity index (χ4n) is 1.51. The Hall–Kier alpha value is -1.78. The fraction of sp³-hybridized carbons (Fsp3) is 0.154. The lowest BCUT2D eigenvalue weighted by molar-refractivity contribution is 0.0995. The van der Waals surface area contributed by atoms with Crippen LogP contribution in [0.1, 0.15) is 21.9 Å². The highest BCUT2D eigenvalue weighted by Gasteiger charge is 2.11. The third-order valence-electron chi connectivity index (χ3n) is 2.38. The second-order valence-electron chi connectivity index (χ2n) is 3.71. The minimum Gasteiger partial charge on any atom is -0.455 e. The molecule has 0 aliphatic heterocycles. The van der Waals surface area contributed by atoms with Crippen molar-refractivity contribution in [2.45, 2.75) is 12.5 Å². The van der Waals surface area contributed by atoms with Gasteiger partial charge in [0.15, 0.2) is 5.76 Å². The maximum absolute atomic E-state index is 11.8. The maximum Gasteiger partial charge on any atom is 0.291 e. The van der Waals surface area contributed by atoms with Crippen molar-refractivity contribution in [2.24, 2.45) is 0 Å². The molecule has 0 unspecified atom stereocenters. The predicted molar refractivity (Wildman–Crippen MR) is 68.6 cm³/mol. The maximum atomic E-state index is 11.8. The summed E-state index contributed by atoms with van der Waals surface area (Å²) in [5.41, 5.74) is 1.34. The van der Waals surface area contributed by atoms with E-state index in [4.69, 9.17) is 21.1 Å². The average molecular weight is 266 g/mol. The monoisotopic (exact) mass is 265 g/mol. The first kappa shape index (κ1) is 12.7. The van der Waals surface area contributed by atoms with Crippen molar-refractivity contribution in [1.29, 1.82) is 0 Å². The second-order valence-corrected chi connectivity index (χ2v) is 3.98. The van der Waals surface area contributed by atoms with Crippen molar-refractivity contribution in [2.75, 3.05) is 5.32 Å². The van der Waals surface area contributed by atoms with Gasteiger partial charge in [-0.25, -0.2) is 0 Å². The zero-order chi connectivity index (χ0) is 13.0. The molecule has 5 heteroatoms. The molecule has 0 bridgehead atoms. The van der Waals surface area contributed by atoms with Crippen molar-refractivity contribution in [3.8, 4) is 0 Å². The summed E-state index contributed by atoms with van der Waals surface area (Å²) < 4.78 is 5.23. The van der Waals surface area contributed by atoms with E-state index in [9.17, 15) is 4.79 Å². The molecule has 1 aromatic heterocycles. The van der Waals surface area contributed by atoms with E-state index in [0.717, 1.165) is 5.56 Å². The van der Waals surface area contributed by atoms with Gasteiger partial charge in [-0.05, 0) is 29.8 Å². The molecule has 0 saturated heterocycles. The fourth-order valence-corrected chi connectivity index (χ4v) is 1.66. The largest absolute Gasteiger partial charge is 0.455 e. The molecule has 0 aliphatic carbocycles. The molecule has 0 spiro atoms. The van der Waals surface area contributed by atoms with Crippen LogP contribution in [0.15, 0.2) is 40.8 Å². The van der Waals surface area contributed by atoms with Gasteiger partial charge in [-0.3, -0.25) is 4.79 Å². The van der Waals surface area contributed by atoms with Crippen LogP contribution in [0.4, 0.5) is 5.69 Å². The standard InChI is InChI=1S/C13H12ClNO3/c14-7-11-4-5-12(18-11)13(17)15-10-3-1-2-9(6-10)8-16/h1-6,16H,7-8H2,(H,15,17). The number of hydrogen-bond acceptors (Lipinski definition) is 3. The van der Waals surface area contributed by atoms with Crippen LogP contribution in [0, 0.1) is 0 Å². The lowest BCUT2D eigenvalue weighted by Crippen LogP contribution is -2.10. The normalized spacial score (nSPS) is 10.3. The molecule has 4 nitrogen and oxygen atoms in total. The highest BCUT2D eigenvalue weighted by atomic mass is 35.5. The van der Waals surface area contributed by atoms with Crippen LogP contribution in [0.5, 0.6) is 0 Å². The predicted octanol–water partition coefficient (Wildman–Crippen LogP) is 2.76. The Kier molecular flexibility index (Phi) is 4.02. The number of hydrogen-bond donors (Lipinski definition) is 2. The molecular formula is C13H12ClNO3. The van der Waals surface area contributed by atoms with Gasteiger partial charge in [0, 0.05) is 5.69 Å². The quantitative estimate of drug-likeness (QED) is 0.836. The van der Waals surface area contributed by atoms with Crippen LogP contribution < -0.4 is 5.32 Å². The summed E-state index contributed by atoms with van der Waals surface area (Å²) in [5, 5.41) is 11.7. The van der Waals surface area contributed by atoms with Crippen LogP contribution in [-0.4, -0.2) is 11.0 Å². The molecule has 18 heavy (non-hydrogen) atoms. The Bertz CT molecular complexity index is 551. The Morgan fingerprint density at radius 2 is 2.17 bits per heavy atom. The SMILES string of the molecule is O=C(Nc1cccc(CO)c1)c1ccc(CCl)o1. The lowest BCUT2D eigenvalue weighted by atomic mass is 10.2. The third-order valence-corrected chi connectivity index (χ3v) is 2.65. The first-order valence-corrected chi connectivity index (χ1v) is 5.92. The molecule has 1 aromatic carbocycles. The van der Waals surface area contributed by atoms with Gasteiger partial charge in [0.05, 0.1) is 12.5 Å². The van der Waals surface area contributed by atoms with Gasteiger partial charge in [-0.15, -0.1) is 11.6 Å². The number of rotatable bonds is 4. The highest BCUT2D eigenvalue weighted by Crippen LogP contribution is 2.14. The van der Waals surface area contributed by atoms with Crippen molar-refractivity contribution in [3.63, 3.8) is 0 Å². The van der Waals surface area contributed by atoms with Gasteiger partial charge in [0.25, 0.3) is 5.91 Å². The first-order valence-electron chi connectivity index (χ1n) is 5.39. The molecule has 1 heterocycles. The molecule has 0 fully saturated rings. The van der Waals surface area contributed by atoms with Crippen LogP contribution >= 0.6 is 11.6 Å². The van der Waals surface area contributed by atoms with E-state index in [-0.39, 0.29) is 24.2 Å². The van der Waals surface area contributed by atoms with Gasteiger partial charge in [-0.2, -0.15) is 0 Å². The van der Waals surface area contributed by atoms with Crippen LogP contribution in [-0.2, 0) is 12.5 Å². The number of anilines is 1. The average Bonchev–Trinajstić information content (AvgIpc) is 2.88. The molecular weight excluding hydrogens is 254 g/mol. The van der Waals surface area contributed by atoms with Gasteiger partial charge in [0.1, 0.15) is 5.76 Å². The Morgan fingerprint density at radius 3 is 2.83 bits per heavy atom. The molecule has 2 aromatic rings. The second kappa shape index (κ2) is 5.71. The molecule has 2 N–H and O–H groups in total. The molecule has 0 aliphatic rings. The number of halogens is 1. The minimum atomic E-state index is -0.346. The van der Waals surface area contributed by atoms with Crippen molar-refractivity contribution >= 4 is 23.2 Å². The number of amides is 1. The summed E-state index contributed by atoms with van der Waals surface area (Å²) >= 11 is 5.59. The molecule has 1 amide bonds. The van der Waals surface area contributed by atoms with E-state index in [1.807, 2.05) is 0 Å². The molecule has 0 saturated carbocycles. The third kappa shape index (κ3) is 2.91. The number of aliphatic hydroxyl groups is 1. The van der Waals surface area contributed by atoms with Gasteiger partial charge >= 0.3 is 0 Å².